The van der Waals surface area contributed by atoms with Crippen molar-refractivity contribution in [1.82, 2.24) is 0 Å². The zero-order valence-electron chi connectivity index (χ0n) is 7.82. The summed E-state index contributed by atoms with van der Waals surface area (Å²) in [5.74, 6) is -0.297. The van der Waals surface area contributed by atoms with Crippen LogP contribution in [0, 0.1) is 0 Å². The van der Waals surface area contributed by atoms with Crippen LogP contribution in [0.5, 0.6) is 0 Å². The smallest absolute Gasteiger partial charge is 0.221 e. The lowest BCUT2D eigenvalue weighted by molar-refractivity contribution is -0.117. The highest BCUT2D eigenvalue weighted by Gasteiger charge is 2.01. The molecule has 0 saturated heterocycles. The van der Waals surface area contributed by atoms with Gasteiger partial charge in [0.1, 0.15) is 0 Å². The Labute approximate surface area is 86.2 Å². The molecule has 0 unspecified atom stereocenters. The van der Waals surface area contributed by atoms with Gasteiger partial charge in [-0.25, -0.2) is 0 Å². The first kappa shape index (κ1) is 10.7. The first-order valence-electron chi connectivity index (χ1n) is 4.15. The van der Waals surface area contributed by atoms with Gasteiger partial charge in [-0.15, -0.1) is 11.3 Å². The summed E-state index contributed by atoms with van der Waals surface area (Å²) < 4.78 is 0. The van der Waals surface area contributed by atoms with Crippen LogP contribution in [0.2, 0.25) is 0 Å². The molecule has 0 fully saturated rings. The van der Waals surface area contributed by atoms with Gasteiger partial charge in [0.05, 0.1) is 4.88 Å². The predicted molar refractivity (Wildman–Crippen MR) is 57.2 cm³/mol. The maximum absolute atomic E-state index is 11.0. The first-order chi connectivity index (χ1) is 6.59. The SMILES string of the molecule is CC(=O)c1ccc(C=CCC(N)=O)s1. The molecule has 0 atom stereocenters. The number of rotatable bonds is 4. The Morgan fingerprint density at radius 1 is 1.50 bits per heavy atom. The van der Waals surface area contributed by atoms with Crippen LogP contribution in [-0.2, 0) is 4.79 Å². The Kier molecular flexibility index (Phi) is 3.59. The number of hydrogen-bond donors (Lipinski definition) is 1. The summed E-state index contributed by atoms with van der Waals surface area (Å²) in [7, 11) is 0. The normalized spacial score (nSPS) is 10.6. The fourth-order valence-electron chi connectivity index (χ4n) is 0.923. The van der Waals surface area contributed by atoms with Crippen molar-refractivity contribution >= 4 is 29.1 Å². The van der Waals surface area contributed by atoms with Crippen LogP contribution in [0.3, 0.4) is 0 Å². The van der Waals surface area contributed by atoms with E-state index < -0.39 is 0 Å². The molecule has 1 heterocycles. The van der Waals surface area contributed by atoms with E-state index in [9.17, 15) is 9.59 Å². The molecule has 2 N–H and O–H groups in total. The molecule has 1 rings (SSSR count). The third-order valence-electron chi connectivity index (χ3n) is 1.57. The van der Waals surface area contributed by atoms with Gasteiger partial charge in [0.25, 0.3) is 0 Å². The molecule has 0 aromatic carbocycles. The number of carbonyl (C=O) groups is 2. The molecule has 0 aliphatic rings. The van der Waals surface area contributed by atoms with Gasteiger partial charge in [-0.05, 0) is 25.1 Å². The van der Waals surface area contributed by atoms with E-state index in [1.54, 1.807) is 18.2 Å². The summed E-state index contributed by atoms with van der Waals surface area (Å²) in [5, 5.41) is 0. The number of hydrogen-bond acceptors (Lipinski definition) is 3. The van der Waals surface area contributed by atoms with Crippen LogP contribution in [0.25, 0.3) is 6.08 Å². The van der Waals surface area contributed by atoms with Gasteiger partial charge >= 0.3 is 0 Å². The Morgan fingerprint density at radius 2 is 2.21 bits per heavy atom. The first-order valence-corrected chi connectivity index (χ1v) is 4.97. The summed E-state index contributed by atoms with van der Waals surface area (Å²) in [6.45, 7) is 1.53. The topological polar surface area (TPSA) is 60.2 Å². The van der Waals surface area contributed by atoms with Crippen LogP contribution in [0.4, 0.5) is 0 Å². The van der Waals surface area contributed by atoms with Crippen LogP contribution in [0.15, 0.2) is 18.2 Å². The molecule has 0 spiro atoms. The number of amides is 1. The quantitative estimate of drug-likeness (QED) is 0.769. The van der Waals surface area contributed by atoms with Crippen molar-refractivity contribution in [2.75, 3.05) is 0 Å². The minimum absolute atomic E-state index is 0.0598. The minimum Gasteiger partial charge on any atom is -0.369 e. The molecule has 3 nitrogen and oxygen atoms in total. The number of nitrogens with two attached hydrogens (primary N) is 1. The predicted octanol–water partition coefficient (Wildman–Crippen LogP) is 1.84. The van der Waals surface area contributed by atoms with Crippen molar-refractivity contribution in [2.45, 2.75) is 13.3 Å². The lowest BCUT2D eigenvalue weighted by Gasteiger charge is -1.85. The van der Waals surface area contributed by atoms with Crippen molar-refractivity contribution in [1.29, 1.82) is 0 Å². The van der Waals surface area contributed by atoms with Gasteiger partial charge in [-0.2, -0.15) is 0 Å². The maximum atomic E-state index is 11.0. The molecule has 4 heteroatoms. The lowest BCUT2D eigenvalue weighted by atomic mass is 10.3. The molecular formula is C10H11NO2S. The van der Waals surface area contributed by atoms with Gasteiger partial charge < -0.3 is 5.73 Å². The molecule has 74 valence electrons. The van der Waals surface area contributed by atoms with Crippen molar-refractivity contribution in [3.63, 3.8) is 0 Å². The van der Waals surface area contributed by atoms with Crippen LogP contribution >= 0.6 is 11.3 Å². The van der Waals surface area contributed by atoms with Crippen molar-refractivity contribution in [3.8, 4) is 0 Å². The van der Waals surface area contributed by atoms with E-state index in [2.05, 4.69) is 0 Å². The second-order valence-corrected chi connectivity index (χ2v) is 3.95. The Balaban J connectivity index is 2.64. The third-order valence-corrected chi connectivity index (χ3v) is 2.73. The van der Waals surface area contributed by atoms with Gasteiger partial charge in [0, 0.05) is 11.3 Å². The minimum atomic E-state index is -0.357. The summed E-state index contributed by atoms with van der Waals surface area (Å²) in [6, 6.07) is 3.62. The maximum Gasteiger partial charge on any atom is 0.221 e. The number of primary amides is 1. The largest absolute Gasteiger partial charge is 0.369 e. The van der Waals surface area contributed by atoms with Crippen molar-refractivity contribution < 1.29 is 9.59 Å². The highest BCUT2D eigenvalue weighted by molar-refractivity contribution is 7.14. The Hall–Kier alpha value is -1.42. The van der Waals surface area contributed by atoms with Crippen molar-refractivity contribution in [3.05, 3.63) is 28.0 Å². The Morgan fingerprint density at radius 3 is 2.71 bits per heavy atom. The van der Waals surface area contributed by atoms with Gasteiger partial charge in [0.2, 0.25) is 5.91 Å². The van der Waals surface area contributed by atoms with Gasteiger partial charge in [-0.1, -0.05) is 6.08 Å². The summed E-state index contributed by atoms with van der Waals surface area (Å²) in [4.78, 5) is 23.1. The summed E-state index contributed by atoms with van der Waals surface area (Å²) >= 11 is 1.40. The lowest BCUT2D eigenvalue weighted by Crippen LogP contribution is -2.07. The molecule has 0 aliphatic heterocycles. The number of carbonyl (C=O) groups excluding carboxylic acids is 2. The average Bonchev–Trinajstić information content (AvgIpc) is 2.52. The van der Waals surface area contributed by atoms with E-state index >= 15 is 0 Å². The third kappa shape index (κ3) is 3.14. The van der Waals surface area contributed by atoms with Gasteiger partial charge in [0.15, 0.2) is 5.78 Å². The van der Waals surface area contributed by atoms with E-state index in [1.807, 2.05) is 6.07 Å². The molecule has 0 saturated carbocycles. The fourth-order valence-corrected chi connectivity index (χ4v) is 1.76. The van der Waals surface area contributed by atoms with Crippen LogP contribution in [-0.4, -0.2) is 11.7 Å². The molecule has 0 aliphatic carbocycles. The molecule has 14 heavy (non-hydrogen) atoms. The monoisotopic (exact) mass is 209 g/mol. The molecule has 0 bridgehead atoms. The highest BCUT2D eigenvalue weighted by atomic mass is 32.1. The van der Waals surface area contributed by atoms with E-state index in [1.165, 1.54) is 18.3 Å². The zero-order valence-corrected chi connectivity index (χ0v) is 8.64. The highest BCUT2D eigenvalue weighted by Crippen LogP contribution is 2.18. The molecule has 0 radical (unpaired) electrons. The van der Waals surface area contributed by atoms with Crippen molar-refractivity contribution in [2.24, 2.45) is 5.73 Å². The van der Waals surface area contributed by atoms with E-state index in [4.69, 9.17) is 5.73 Å². The van der Waals surface area contributed by atoms with E-state index in [0.717, 1.165) is 9.75 Å². The molecule has 1 aromatic rings. The number of Topliss-reactive ketones (excluding diaryl/α,β-unsaturated/α-hetero) is 1. The van der Waals surface area contributed by atoms with Gasteiger partial charge in [-0.3, -0.25) is 9.59 Å². The zero-order chi connectivity index (χ0) is 10.6. The standard InChI is InChI=1S/C10H11NO2S/c1-7(12)9-6-5-8(14-9)3-2-4-10(11)13/h2-3,5-6H,4H2,1H3,(H2,11,13). The number of ketones is 1. The molecule has 1 amide bonds. The average molecular weight is 209 g/mol. The second-order valence-electron chi connectivity index (χ2n) is 2.83. The number of thiophene rings is 1. The van der Waals surface area contributed by atoms with Crippen LogP contribution in [0.1, 0.15) is 27.9 Å². The summed E-state index contributed by atoms with van der Waals surface area (Å²) in [5.41, 5.74) is 4.97. The summed E-state index contributed by atoms with van der Waals surface area (Å²) in [6.07, 6.45) is 3.72. The molecule has 1 aromatic heterocycles. The van der Waals surface area contributed by atoms with Crippen LogP contribution < -0.4 is 5.73 Å². The molecular weight excluding hydrogens is 198 g/mol. The van der Waals surface area contributed by atoms with E-state index in [-0.39, 0.29) is 18.1 Å². The fraction of sp³-hybridized carbons (Fsp3) is 0.200. The van der Waals surface area contributed by atoms with E-state index in [0.29, 0.717) is 0 Å². The Bertz CT molecular complexity index is 379. The second kappa shape index (κ2) is 4.72.